The van der Waals surface area contributed by atoms with Gasteiger partial charge in [-0.1, -0.05) is 13.8 Å². The molecule has 0 unspecified atom stereocenters. The van der Waals surface area contributed by atoms with E-state index >= 15 is 0 Å². The Morgan fingerprint density at radius 2 is 2.15 bits per heavy atom. The fourth-order valence-electron chi connectivity index (χ4n) is 1.31. The lowest BCUT2D eigenvalue weighted by Crippen LogP contribution is -1.90. The first-order valence-corrected chi connectivity index (χ1v) is 4.49. The van der Waals surface area contributed by atoms with E-state index in [-0.39, 0.29) is 0 Å². The summed E-state index contributed by atoms with van der Waals surface area (Å²) in [5.74, 6) is 1.25. The first-order chi connectivity index (χ1) is 6.18. The number of rotatable bonds is 1. The molecule has 13 heavy (non-hydrogen) atoms. The van der Waals surface area contributed by atoms with Gasteiger partial charge in [-0.25, -0.2) is 9.97 Å². The van der Waals surface area contributed by atoms with Crippen molar-refractivity contribution in [3.05, 3.63) is 29.8 Å². The Kier molecular flexibility index (Phi) is 1.79. The van der Waals surface area contributed by atoms with E-state index in [1.807, 2.05) is 10.5 Å². The maximum atomic E-state index is 4.42. The van der Waals surface area contributed by atoms with Crippen LogP contribution < -0.4 is 0 Å². The Labute approximate surface area is 77.4 Å². The minimum atomic E-state index is 0.459. The second kappa shape index (κ2) is 2.83. The van der Waals surface area contributed by atoms with Gasteiger partial charge in [0, 0.05) is 18.1 Å². The fourth-order valence-corrected chi connectivity index (χ4v) is 1.31. The summed E-state index contributed by atoms with van der Waals surface area (Å²) in [5, 5.41) is 0. The predicted octanol–water partition coefficient (Wildman–Crippen LogP) is 2.16. The number of hydrogen-bond acceptors (Lipinski definition) is 2. The third-order valence-electron chi connectivity index (χ3n) is 2.18. The average Bonchev–Trinajstić information content (AvgIpc) is 2.49. The molecule has 0 radical (unpaired) electrons. The highest BCUT2D eigenvalue weighted by molar-refractivity contribution is 5.33. The molecule has 2 rings (SSSR count). The minimum Gasteiger partial charge on any atom is -0.288 e. The zero-order chi connectivity index (χ0) is 9.42. The third kappa shape index (κ3) is 1.30. The van der Waals surface area contributed by atoms with E-state index < -0.39 is 0 Å². The Bertz CT molecular complexity index is 429. The summed E-state index contributed by atoms with van der Waals surface area (Å²) in [6.07, 6.45) is 3.85. The highest BCUT2D eigenvalue weighted by Crippen LogP contribution is 2.13. The SMILES string of the molecule is Cc1ccnc2nc(C(C)C)cn12. The maximum Gasteiger partial charge on any atom is 0.234 e. The van der Waals surface area contributed by atoms with E-state index in [1.54, 1.807) is 6.20 Å². The Morgan fingerprint density at radius 1 is 1.38 bits per heavy atom. The number of aromatic nitrogens is 3. The topological polar surface area (TPSA) is 30.2 Å². The van der Waals surface area contributed by atoms with Crippen LogP contribution in [0.3, 0.4) is 0 Å². The van der Waals surface area contributed by atoms with Gasteiger partial charge in [-0.05, 0) is 18.9 Å². The molecule has 3 heteroatoms. The molecular weight excluding hydrogens is 162 g/mol. The molecular formula is C10H13N3. The zero-order valence-corrected chi connectivity index (χ0v) is 8.15. The molecule has 0 bridgehead atoms. The molecule has 0 aliphatic heterocycles. The van der Waals surface area contributed by atoms with Crippen molar-refractivity contribution in [1.29, 1.82) is 0 Å². The first-order valence-electron chi connectivity index (χ1n) is 4.49. The highest BCUT2D eigenvalue weighted by Gasteiger charge is 2.06. The van der Waals surface area contributed by atoms with Crippen LogP contribution >= 0.6 is 0 Å². The van der Waals surface area contributed by atoms with Gasteiger partial charge in [0.2, 0.25) is 5.78 Å². The second-order valence-corrected chi connectivity index (χ2v) is 3.58. The van der Waals surface area contributed by atoms with Crippen molar-refractivity contribution in [3.63, 3.8) is 0 Å². The smallest absolute Gasteiger partial charge is 0.234 e. The van der Waals surface area contributed by atoms with Gasteiger partial charge in [0.15, 0.2) is 0 Å². The van der Waals surface area contributed by atoms with Crippen LogP contribution in [0.15, 0.2) is 18.5 Å². The van der Waals surface area contributed by atoms with Crippen molar-refractivity contribution in [1.82, 2.24) is 14.4 Å². The van der Waals surface area contributed by atoms with E-state index in [1.165, 1.54) is 5.69 Å². The first kappa shape index (κ1) is 8.23. The Balaban J connectivity index is 2.68. The molecule has 0 spiro atoms. The number of nitrogens with zero attached hydrogens (tertiary/aromatic N) is 3. The maximum absolute atomic E-state index is 4.42. The van der Waals surface area contributed by atoms with E-state index in [0.717, 1.165) is 11.5 Å². The van der Waals surface area contributed by atoms with Crippen LogP contribution in [-0.2, 0) is 0 Å². The van der Waals surface area contributed by atoms with Crippen LogP contribution in [0.1, 0.15) is 31.2 Å². The van der Waals surface area contributed by atoms with Gasteiger partial charge in [0.25, 0.3) is 0 Å². The summed E-state index contributed by atoms with van der Waals surface area (Å²) in [5.41, 5.74) is 2.27. The number of hydrogen-bond donors (Lipinski definition) is 0. The molecule has 0 saturated heterocycles. The summed E-state index contributed by atoms with van der Waals surface area (Å²) < 4.78 is 2.02. The molecule has 0 amide bonds. The lowest BCUT2D eigenvalue weighted by molar-refractivity contribution is 0.833. The van der Waals surface area contributed by atoms with Crippen molar-refractivity contribution in [3.8, 4) is 0 Å². The molecule has 0 aliphatic carbocycles. The fraction of sp³-hybridized carbons (Fsp3) is 0.400. The van der Waals surface area contributed by atoms with Gasteiger partial charge in [-0.2, -0.15) is 0 Å². The van der Waals surface area contributed by atoms with Crippen molar-refractivity contribution in [2.45, 2.75) is 26.7 Å². The summed E-state index contributed by atoms with van der Waals surface area (Å²) in [4.78, 5) is 8.62. The van der Waals surface area contributed by atoms with Crippen molar-refractivity contribution < 1.29 is 0 Å². The summed E-state index contributed by atoms with van der Waals surface area (Å²) in [7, 11) is 0. The molecule has 2 heterocycles. The minimum absolute atomic E-state index is 0.459. The van der Waals surface area contributed by atoms with Crippen molar-refractivity contribution in [2.24, 2.45) is 0 Å². The molecule has 3 nitrogen and oxygen atoms in total. The van der Waals surface area contributed by atoms with E-state index in [0.29, 0.717) is 5.92 Å². The zero-order valence-electron chi connectivity index (χ0n) is 8.15. The molecule has 68 valence electrons. The molecule has 0 aliphatic rings. The molecule has 0 fully saturated rings. The molecule has 0 N–H and O–H groups in total. The van der Waals surface area contributed by atoms with Gasteiger partial charge in [0.05, 0.1) is 5.69 Å². The monoisotopic (exact) mass is 175 g/mol. The average molecular weight is 175 g/mol. The lowest BCUT2D eigenvalue weighted by atomic mass is 10.2. The molecule has 0 saturated carbocycles. The number of aryl methyl sites for hydroxylation is 1. The van der Waals surface area contributed by atoms with Gasteiger partial charge in [0.1, 0.15) is 0 Å². The van der Waals surface area contributed by atoms with Crippen LogP contribution in [0.2, 0.25) is 0 Å². The largest absolute Gasteiger partial charge is 0.288 e. The van der Waals surface area contributed by atoms with Crippen LogP contribution in [0.25, 0.3) is 5.78 Å². The van der Waals surface area contributed by atoms with Gasteiger partial charge in [-0.3, -0.25) is 4.40 Å². The Morgan fingerprint density at radius 3 is 2.77 bits per heavy atom. The molecule has 0 atom stereocenters. The van der Waals surface area contributed by atoms with E-state index in [2.05, 4.69) is 36.9 Å². The molecule has 0 aromatic carbocycles. The lowest BCUT2D eigenvalue weighted by Gasteiger charge is -1.96. The van der Waals surface area contributed by atoms with Crippen LogP contribution in [0, 0.1) is 6.92 Å². The summed E-state index contributed by atoms with van der Waals surface area (Å²) in [6.45, 7) is 6.33. The van der Waals surface area contributed by atoms with Crippen molar-refractivity contribution in [2.75, 3.05) is 0 Å². The normalized spacial score (nSPS) is 11.4. The van der Waals surface area contributed by atoms with Gasteiger partial charge >= 0.3 is 0 Å². The third-order valence-corrected chi connectivity index (χ3v) is 2.18. The molecule has 2 aromatic heterocycles. The van der Waals surface area contributed by atoms with E-state index in [4.69, 9.17) is 0 Å². The van der Waals surface area contributed by atoms with Gasteiger partial charge in [-0.15, -0.1) is 0 Å². The number of fused-ring (bicyclic) bond motifs is 1. The number of imidazole rings is 1. The second-order valence-electron chi connectivity index (χ2n) is 3.58. The molecule has 2 aromatic rings. The highest BCUT2D eigenvalue weighted by atomic mass is 15.1. The van der Waals surface area contributed by atoms with Crippen LogP contribution in [0.5, 0.6) is 0 Å². The quantitative estimate of drug-likeness (QED) is 0.664. The van der Waals surface area contributed by atoms with E-state index in [9.17, 15) is 0 Å². The standard InChI is InChI=1S/C10H13N3/c1-7(2)9-6-13-8(3)4-5-11-10(13)12-9/h4-7H,1-3H3. The van der Waals surface area contributed by atoms with Crippen LogP contribution in [0.4, 0.5) is 0 Å². The van der Waals surface area contributed by atoms with Crippen molar-refractivity contribution >= 4 is 5.78 Å². The summed E-state index contributed by atoms with van der Waals surface area (Å²) in [6, 6.07) is 1.98. The van der Waals surface area contributed by atoms with Crippen LogP contribution in [-0.4, -0.2) is 14.4 Å². The van der Waals surface area contributed by atoms with Gasteiger partial charge < -0.3 is 0 Å². The Hall–Kier alpha value is -1.38. The summed E-state index contributed by atoms with van der Waals surface area (Å²) >= 11 is 0. The predicted molar refractivity (Wildman–Crippen MR) is 51.8 cm³/mol.